The molecular weight excluding hydrogens is 319 g/mol. The van der Waals surface area contributed by atoms with Gasteiger partial charge in [-0.15, -0.1) is 0 Å². The van der Waals surface area contributed by atoms with Gasteiger partial charge in [-0.05, 0) is 52.9 Å². The van der Waals surface area contributed by atoms with Crippen LogP contribution in [0.4, 0.5) is 10.1 Å². The van der Waals surface area contributed by atoms with E-state index in [1.54, 1.807) is 12.1 Å². The Hall–Kier alpha value is -0.610. The third-order valence-corrected chi connectivity index (χ3v) is 4.61. The predicted molar refractivity (Wildman–Crippen MR) is 86.8 cm³/mol. The van der Waals surface area contributed by atoms with Gasteiger partial charge in [-0.25, -0.2) is 4.39 Å². The van der Waals surface area contributed by atoms with Crippen LogP contribution in [-0.4, -0.2) is 25.2 Å². The van der Waals surface area contributed by atoms with E-state index in [0.29, 0.717) is 22.5 Å². The summed E-state index contributed by atoms with van der Waals surface area (Å²) in [6.07, 6.45) is 2.23. The minimum absolute atomic E-state index is 0.184. The van der Waals surface area contributed by atoms with Gasteiger partial charge in [0.05, 0.1) is 4.47 Å². The van der Waals surface area contributed by atoms with Crippen LogP contribution in [0.3, 0.4) is 0 Å². The van der Waals surface area contributed by atoms with Crippen LogP contribution in [-0.2, 0) is 0 Å². The van der Waals surface area contributed by atoms with Crippen LogP contribution >= 0.6 is 15.9 Å². The summed E-state index contributed by atoms with van der Waals surface area (Å²) in [5.74, 6) is 0.491. The second kappa shape index (κ2) is 6.90. The smallest absolute Gasteiger partial charge is 0.139 e. The molecule has 1 fully saturated rings. The Balaban J connectivity index is 2.17. The molecule has 0 bridgehead atoms. The first-order chi connectivity index (χ1) is 9.51. The number of rotatable bonds is 4. The highest BCUT2D eigenvalue weighted by Gasteiger charge is 2.27. The molecule has 1 heterocycles. The number of anilines is 1. The van der Waals surface area contributed by atoms with E-state index < -0.39 is 0 Å². The molecule has 1 saturated heterocycles. The van der Waals surface area contributed by atoms with Gasteiger partial charge in [0.25, 0.3) is 0 Å². The number of benzene rings is 1. The van der Waals surface area contributed by atoms with Crippen molar-refractivity contribution in [2.75, 3.05) is 18.0 Å². The first kappa shape index (κ1) is 15.8. The topological polar surface area (TPSA) is 15.3 Å². The molecule has 2 atom stereocenters. The van der Waals surface area contributed by atoms with E-state index in [2.05, 4.69) is 46.9 Å². The molecule has 0 radical (unpaired) electrons. The molecule has 0 aromatic heterocycles. The molecule has 0 saturated carbocycles. The average molecular weight is 343 g/mol. The molecular formula is C16H24BrFN2. The van der Waals surface area contributed by atoms with E-state index in [-0.39, 0.29) is 5.82 Å². The summed E-state index contributed by atoms with van der Waals surface area (Å²) in [5.41, 5.74) is 0.993. The fraction of sp³-hybridized carbons (Fsp3) is 0.625. The number of halogens is 2. The molecule has 20 heavy (non-hydrogen) atoms. The largest absolute Gasteiger partial charge is 0.366 e. The minimum atomic E-state index is -0.184. The van der Waals surface area contributed by atoms with E-state index >= 15 is 0 Å². The van der Waals surface area contributed by atoms with Crippen LogP contribution in [0.15, 0.2) is 22.7 Å². The molecule has 0 aliphatic carbocycles. The van der Waals surface area contributed by atoms with E-state index in [1.165, 1.54) is 0 Å². The SMILES string of the molecule is CCC1CNC(CC(C)C)CN1c1ccc(Br)c(F)c1. The van der Waals surface area contributed by atoms with Crippen molar-refractivity contribution < 1.29 is 4.39 Å². The Bertz CT molecular complexity index is 450. The summed E-state index contributed by atoms with van der Waals surface area (Å²) in [6, 6.07) is 6.39. The second-order valence-corrected chi connectivity index (χ2v) is 6.90. The van der Waals surface area contributed by atoms with E-state index in [4.69, 9.17) is 0 Å². The highest BCUT2D eigenvalue weighted by Crippen LogP contribution is 2.27. The summed E-state index contributed by atoms with van der Waals surface area (Å²) in [5, 5.41) is 3.63. The summed E-state index contributed by atoms with van der Waals surface area (Å²) in [7, 11) is 0. The van der Waals surface area contributed by atoms with Gasteiger partial charge in [-0.2, -0.15) is 0 Å². The third kappa shape index (κ3) is 3.73. The standard InChI is InChI=1S/C16H24BrFN2/c1-4-13-9-19-12(7-11(2)3)10-20(13)14-5-6-15(17)16(18)8-14/h5-6,8,11-13,19H,4,7,9-10H2,1-3H3. The van der Waals surface area contributed by atoms with Gasteiger partial charge in [0, 0.05) is 30.9 Å². The predicted octanol–water partition coefficient (Wildman–Crippen LogP) is 4.19. The van der Waals surface area contributed by atoms with E-state index in [1.807, 2.05) is 6.07 Å². The van der Waals surface area contributed by atoms with Crippen molar-refractivity contribution in [1.82, 2.24) is 5.32 Å². The third-order valence-electron chi connectivity index (χ3n) is 3.96. The molecule has 1 N–H and O–H groups in total. The number of hydrogen-bond acceptors (Lipinski definition) is 2. The molecule has 1 aromatic carbocycles. The molecule has 4 heteroatoms. The fourth-order valence-electron chi connectivity index (χ4n) is 2.94. The van der Waals surface area contributed by atoms with Crippen LogP contribution in [0, 0.1) is 11.7 Å². The molecule has 1 aromatic rings. The average Bonchev–Trinajstić information content (AvgIpc) is 2.41. The van der Waals surface area contributed by atoms with Crippen LogP contribution < -0.4 is 10.2 Å². The molecule has 2 nitrogen and oxygen atoms in total. The van der Waals surface area contributed by atoms with Crippen LogP contribution in [0.2, 0.25) is 0 Å². The van der Waals surface area contributed by atoms with Crippen molar-refractivity contribution in [1.29, 1.82) is 0 Å². The molecule has 1 aliphatic rings. The Labute approximate surface area is 129 Å². The van der Waals surface area contributed by atoms with E-state index in [9.17, 15) is 4.39 Å². The van der Waals surface area contributed by atoms with Crippen LogP contribution in [0.1, 0.15) is 33.6 Å². The number of piperazine rings is 1. The van der Waals surface area contributed by atoms with Gasteiger partial charge in [-0.1, -0.05) is 20.8 Å². The van der Waals surface area contributed by atoms with E-state index in [0.717, 1.165) is 31.6 Å². The fourth-order valence-corrected chi connectivity index (χ4v) is 3.18. The molecule has 0 spiro atoms. The minimum Gasteiger partial charge on any atom is -0.366 e. The number of hydrogen-bond donors (Lipinski definition) is 1. The Morgan fingerprint density at radius 2 is 2.20 bits per heavy atom. The lowest BCUT2D eigenvalue weighted by Gasteiger charge is -2.42. The van der Waals surface area contributed by atoms with Gasteiger partial charge >= 0.3 is 0 Å². The maximum Gasteiger partial charge on any atom is 0.139 e. The quantitative estimate of drug-likeness (QED) is 0.882. The van der Waals surface area contributed by atoms with Crippen molar-refractivity contribution in [2.24, 2.45) is 5.92 Å². The molecule has 0 amide bonds. The first-order valence-electron chi connectivity index (χ1n) is 7.46. The Morgan fingerprint density at radius 3 is 2.80 bits per heavy atom. The molecule has 112 valence electrons. The summed E-state index contributed by atoms with van der Waals surface area (Å²) in [4.78, 5) is 2.36. The van der Waals surface area contributed by atoms with Gasteiger partial charge in [-0.3, -0.25) is 0 Å². The lowest BCUT2D eigenvalue weighted by molar-refractivity contribution is 0.343. The van der Waals surface area contributed by atoms with Crippen LogP contribution in [0.25, 0.3) is 0 Å². The monoisotopic (exact) mass is 342 g/mol. The van der Waals surface area contributed by atoms with Crippen molar-refractivity contribution in [2.45, 2.75) is 45.7 Å². The maximum absolute atomic E-state index is 13.8. The zero-order valence-electron chi connectivity index (χ0n) is 12.5. The van der Waals surface area contributed by atoms with Crippen molar-refractivity contribution >= 4 is 21.6 Å². The summed E-state index contributed by atoms with van der Waals surface area (Å²) < 4.78 is 14.3. The number of nitrogens with zero attached hydrogens (tertiary/aromatic N) is 1. The molecule has 2 unspecified atom stereocenters. The highest BCUT2D eigenvalue weighted by atomic mass is 79.9. The lowest BCUT2D eigenvalue weighted by Crippen LogP contribution is -2.56. The van der Waals surface area contributed by atoms with Gasteiger partial charge in [0.15, 0.2) is 0 Å². The highest BCUT2D eigenvalue weighted by molar-refractivity contribution is 9.10. The van der Waals surface area contributed by atoms with Crippen molar-refractivity contribution in [3.63, 3.8) is 0 Å². The maximum atomic E-state index is 13.8. The normalized spacial score (nSPS) is 23.4. The number of nitrogens with one attached hydrogen (secondary N) is 1. The molecule has 2 rings (SSSR count). The summed E-state index contributed by atoms with van der Waals surface area (Å²) >= 11 is 3.22. The molecule has 1 aliphatic heterocycles. The van der Waals surface area contributed by atoms with Crippen molar-refractivity contribution in [3.05, 3.63) is 28.5 Å². The van der Waals surface area contributed by atoms with Crippen LogP contribution in [0.5, 0.6) is 0 Å². The van der Waals surface area contributed by atoms with Gasteiger partial charge in [0.1, 0.15) is 5.82 Å². The Morgan fingerprint density at radius 1 is 1.45 bits per heavy atom. The van der Waals surface area contributed by atoms with Gasteiger partial charge < -0.3 is 10.2 Å². The zero-order chi connectivity index (χ0) is 14.7. The second-order valence-electron chi connectivity index (χ2n) is 6.05. The van der Waals surface area contributed by atoms with Gasteiger partial charge in [0.2, 0.25) is 0 Å². The first-order valence-corrected chi connectivity index (χ1v) is 8.25. The Kier molecular flexibility index (Phi) is 5.44. The lowest BCUT2D eigenvalue weighted by atomic mass is 9.98. The van der Waals surface area contributed by atoms with Crippen molar-refractivity contribution in [3.8, 4) is 0 Å². The summed E-state index contributed by atoms with van der Waals surface area (Å²) in [6.45, 7) is 8.62. The zero-order valence-corrected chi connectivity index (χ0v) is 14.1.